The average Bonchev–Trinajstić information content (AvgIpc) is 2.91. The fourth-order valence-electron chi connectivity index (χ4n) is 3.21. The van der Waals surface area contributed by atoms with Gasteiger partial charge in [-0.05, 0) is 49.2 Å². The molecule has 0 radical (unpaired) electrons. The van der Waals surface area contributed by atoms with Crippen molar-refractivity contribution in [2.24, 2.45) is 0 Å². The van der Waals surface area contributed by atoms with Crippen molar-refractivity contribution in [3.63, 3.8) is 0 Å². The molecule has 144 valence electrons. The molecule has 1 aliphatic heterocycles. The molecule has 0 saturated carbocycles. The van der Waals surface area contributed by atoms with E-state index in [0.717, 1.165) is 5.56 Å². The summed E-state index contributed by atoms with van der Waals surface area (Å²) >= 11 is 0. The SMILES string of the molecule is CC(=O)N1c2ccc(S(=O)(=O)Nc3ccccc3OC(F)F)cc2CC1C. The van der Waals surface area contributed by atoms with Crippen LogP contribution in [0.25, 0.3) is 0 Å². The van der Waals surface area contributed by atoms with Gasteiger partial charge in [-0.1, -0.05) is 12.1 Å². The summed E-state index contributed by atoms with van der Waals surface area (Å²) in [7, 11) is -4.03. The Hall–Kier alpha value is -2.68. The topological polar surface area (TPSA) is 75.7 Å². The van der Waals surface area contributed by atoms with E-state index in [1.54, 1.807) is 11.0 Å². The number of ether oxygens (including phenoxy) is 1. The van der Waals surface area contributed by atoms with E-state index in [9.17, 15) is 22.0 Å². The van der Waals surface area contributed by atoms with Crippen LogP contribution in [0.1, 0.15) is 19.4 Å². The number of rotatable bonds is 5. The molecule has 27 heavy (non-hydrogen) atoms. The largest absolute Gasteiger partial charge is 0.433 e. The van der Waals surface area contributed by atoms with Gasteiger partial charge in [-0.25, -0.2) is 8.42 Å². The van der Waals surface area contributed by atoms with Gasteiger partial charge in [0, 0.05) is 18.7 Å². The predicted molar refractivity (Wildman–Crippen MR) is 96.7 cm³/mol. The minimum absolute atomic E-state index is 0.0225. The minimum Gasteiger partial charge on any atom is -0.433 e. The molecule has 2 aromatic carbocycles. The Labute approximate surface area is 155 Å². The lowest BCUT2D eigenvalue weighted by atomic mass is 10.1. The number of carbonyl (C=O) groups is 1. The number of benzene rings is 2. The minimum atomic E-state index is -4.03. The number of fused-ring (bicyclic) bond motifs is 1. The van der Waals surface area contributed by atoms with Crippen molar-refractivity contribution in [2.75, 3.05) is 9.62 Å². The highest BCUT2D eigenvalue weighted by Crippen LogP contribution is 2.35. The quantitative estimate of drug-likeness (QED) is 0.841. The van der Waals surface area contributed by atoms with E-state index in [1.807, 2.05) is 6.92 Å². The van der Waals surface area contributed by atoms with Crippen molar-refractivity contribution in [3.8, 4) is 5.75 Å². The highest BCUT2D eigenvalue weighted by molar-refractivity contribution is 7.92. The van der Waals surface area contributed by atoms with Gasteiger partial charge in [0.05, 0.1) is 10.6 Å². The van der Waals surface area contributed by atoms with Gasteiger partial charge in [0.25, 0.3) is 10.0 Å². The summed E-state index contributed by atoms with van der Waals surface area (Å²) in [6.07, 6.45) is 0.531. The van der Waals surface area contributed by atoms with Gasteiger partial charge in [0.2, 0.25) is 5.91 Å². The molecule has 1 heterocycles. The number of nitrogens with zero attached hydrogens (tertiary/aromatic N) is 1. The molecule has 6 nitrogen and oxygen atoms in total. The molecular formula is C18H18F2N2O4S. The van der Waals surface area contributed by atoms with Crippen molar-refractivity contribution >= 4 is 27.3 Å². The second kappa shape index (κ2) is 7.15. The molecule has 0 saturated heterocycles. The van der Waals surface area contributed by atoms with Crippen molar-refractivity contribution < 1.29 is 26.7 Å². The summed E-state index contributed by atoms with van der Waals surface area (Å²) in [6.45, 7) is 0.262. The smallest absolute Gasteiger partial charge is 0.387 e. The number of anilines is 2. The molecular weight excluding hydrogens is 378 g/mol. The number of hydrogen-bond donors (Lipinski definition) is 1. The number of para-hydroxylation sites is 2. The fraction of sp³-hybridized carbons (Fsp3) is 0.278. The normalized spacial score (nSPS) is 16.3. The fourth-order valence-corrected chi connectivity index (χ4v) is 4.33. The number of halogens is 2. The first-order valence-corrected chi connectivity index (χ1v) is 9.67. The van der Waals surface area contributed by atoms with Crippen LogP contribution in [0.3, 0.4) is 0 Å². The van der Waals surface area contributed by atoms with E-state index in [2.05, 4.69) is 9.46 Å². The van der Waals surface area contributed by atoms with Crippen LogP contribution in [0.4, 0.5) is 20.2 Å². The van der Waals surface area contributed by atoms with E-state index in [-0.39, 0.29) is 28.3 Å². The van der Waals surface area contributed by atoms with E-state index in [0.29, 0.717) is 12.1 Å². The summed E-state index contributed by atoms with van der Waals surface area (Å²) in [4.78, 5) is 13.4. The lowest BCUT2D eigenvalue weighted by molar-refractivity contribution is -0.116. The summed E-state index contributed by atoms with van der Waals surface area (Å²) < 4.78 is 57.1. The lowest BCUT2D eigenvalue weighted by Crippen LogP contribution is -2.33. The Bertz CT molecular complexity index is 979. The van der Waals surface area contributed by atoms with Crippen LogP contribution in [-0.4, -0.2) is 27.0 Å². The van der Waals surface area contributed by atoms with Crippen molar-refractivity contribution in [2.45, 2.75) is 37.8 Å². The molecule has 3 rings (SSSR count). The van der Waals surface area contributed by atoms with Crippen LogP contribution in [0.5, 0.6) is 5.75 Å². The molecule has 0 aromatic heterocycles. The zero-order chi connectivity index (χ0) is 19.8. The van der Waals surface area contributed by atoms with Gasteiger partial charge in [-0.3, -0.25) is 9.52 Å². The van der Waals surface area contributed by atoms with Crippen LogP contribution in [0.2, 0.25) is 0 Å². The third-order valence-electron chi connectivity index (χ3n) is 4.26. The van der Waals surface area contributed by atoms with Crippen LogP contribution in [0.15, 0.2) is 47.4 Å². The summed E-state index contributed by atoms with van der Waals surface area (Å²) in [5.41, 5.74) is 1.32. The summed E-state index contributed by atoms with van der Waals surface area (Å²) in [5, 5.41) is 0. The van der Waals surface area contributed by atoms with Gasteiger partial charge in [0.1, 0.15) is 5.75 Å². The van der Waals surface area contributed by atoms with E-state index in [1.165, 1.54) is 43.3 Å². The van der Waals surface area contributed by atoms with Gasteiger partial charge < -0.3 is 9.64 Å². The van der Waals surface area contributed by atoms with Crippen molar-refractivity contribution in [3.05, 3.63) is 48.0 Å². The maximum atomic E-state index is 12.7. The number of alkyl halides is 2. The Kier molecular flexibility index (Phi) is 5.05. The highest BCUT2D eigenvalue weighted by atomic mass is 32.2. The standard InChI is InChI=1S/C18H18F2N2O4S/c1-11-9-13-10-14(7-8-16(13)22(11)12(2)23)27(24,25)21-15-5-3-4-6-17(15)26-18(19)20/h3-8,10-11,18,21H,9H2,1-2H3. The first-order valence-electron chi connectivity index (χ1n) is 8.18. The summed E-state index contributed by atoms with van der Waals surface area (Å²) in [5.74, 6) is -0.387. The molecule has 0 spiro atoms. The maximum Gasteiger partial charge on any atom is 0.387 e. The second-order valence-corrected chi connectivity index (χ2v) is 7.90. The molecule has 0 bridgehead atoms. The monoisotopic (exact) mass is 396 g/mol. The van der Waals surface area contributed by atoms with Crippen LogP contribution in [0, 0.1) is 0 Å². The van der Waals surface area contributed by atoms with Crippen molar-refractivity contribution in [1.82, 2.24) is 0 Å². The van der Waals surface area contributed by atoms with E-state index < -0.39 is 16.6 Å². The van der Waals surface area contributed by atoms with Gasteiger partial charge in [-0.2, -0.15) is 8.78 Å². The maximum absolute atomic E-state index is 12.7. The molecule has 1 N–H and O–H groups in total. The Morgan fingerprint density at radius 2 is 1.96 bits per heavy atom. The number of carbonyl (C=O) groups excluding carboxylic acids is 1. The van der Waals surface area contributed by atoms with Crippen LogP contribution < -0.4 is 14.4 Å². The number of hydrogen-bond acceptors (Lipinski definition) is 4. The molecule has 1 amide bonds. The molecule has 1 aliphatic rings. The third-order valence-corrected chi connectivity index (χ3v) is 5.63. The van der Waals surface area contributed by atoms with Gasteiger partial charge in [-0.15, -0.1) is 0 Å². The van der Waals surface area contributed by atoms with Crippen LogP contribution >= 0.6 is 0 Å². The second-order valence-electron chi connectivity index (χ2n) is 6.21. The van der Waals surface area contributed by atoms with Gasteiger partial charge >= 0.3 is 6.61 Å². The molecule has 9 heteroatoms. The van der Waals surface area contributed by atoms with Crippen LogP contribution in [-0.2, 0) is 21.2 Å². The lowest BCUT2D eigenvalue weighted by Gasteiger charge is -2.20. The molecule has 2 aromatic rings. The Morgan fingerprint density at radius 3 is 2.63 bits per heavy atom. The number of amides is 1. The van der Waals surface area contributed by atoms with E-state index >= 15 is 0 Å². The predicted octanol–water partition coefficient (Wildman–Crippen LogP) is 3.39. The zero-order valence-electron chi connectivity index (χ0n) is 14.6. The molecule has 1 unspecified atom stereocenters. The number of nitrogens with one attached hydrogen (secondary N) is 1. The Morgan fingerprint density at radius 1 is 1.26 bits per heavy atom. The van der Waals surface area contributed by atoms with Crippen molar-refractivity contribution in [1.29, 1.82) is 0 Å². The first kappa shape index (κ1) is 19.1. The zero-order valence-corrected chi connectivity index (χ0v) is 15.5. The third kappa shape index (κ3) is 3.87. The molecule has 1 atom stereocenters. The molecule has 0 fully saturated rings. The first-order chi connectivity index (χ1) is 12.7. The molecule has 0 aliphatic carbocycles. The highest BCUT2D eigenvalue weighted by Gasteiger charge is 2.30. The summed E-state index contributed by atoms with van der Waals surface area (Å²) in [6, 6.07) is 9.94. The Balaban J connectivity index is 1.92. The van der Waals surface area contributed by atoms with Gasteiger partial charge in [0.15, 0.2) is 0 Å². The number of sulfonamides is 1. The average molecular weight is 396 g/mol. The van der Waals surface area contributed by atoms with E-state index in [4.69, 9.17) is 0 Å².